The van der Waals surface area contributed by atoms with Crippen LogP contribution in [0.3, 0.4) is 0 Å². The summed E-state index contributed by atoms with van der Waals surface area (Å²) in [7, 11) is 1.89. The van der Waals surface area contributed by atoms with Crippen molar-refractivity contribution in [3.63, 3.8) is 0 Å². The van der Waals surface area contributed by atoms with E-state index in [1.165, 1.54) is 12.8 Å². The molecule has 0 bridgehead atoms. The molecule has 22 heavy (non-hydrogen) atoms. The van der Waals surface area contributed by atoms with Crippen LogP contribution in [0.1, 0.15) is 49.4 Å². The van der Waals surface area contributed by atoms with Gasteiger partial charge in [-0.25, -0.2) is 0 Å². The van der Waals surface area contributed by atoms with Gasteiger partial charge in [-0.1, -0.05) is 25.1 Å². The minimum atomic E-state index is -0.123. The van der Waals surface area contributed by atoms with E-state index in [0.717, 1.165) is 18.8 Å². The Hall–Kier alpha value is -1.84. The fraction of sp³-hybridized carbons (Fsp3) is 0.556. The number of amides is 2. The summed E-state index contributed by atoms with van der Waals surface area (Å²) in [6, 6.07) is 9.45. The average molecular weight is 302 g/mol. The first-order chi connectivity index (χ1) is 10.6. The van der Waals surface area contributed by atoms with Gasteiger partial charge in [0, 0.05) is 31.6 Å². The van der Waals surface area contributed by atoms with E-state index in [0.29, 0.717) is 24.6 Å². The second-order valence-electron chi connectivity index (χ2n) is 6.29. The highest BCUT2D eigenvalue weighted by molar-refractivity contribution is 5.94. The Balaban J connectivity index is 1.72. The third kappa shape index (κ3) is 4.58. The van der Waals surface area contributed by atoms with Crippen molar-refractivity contribution in [3.05, 3.63) is 35.9 Å². The molecule has 1 saturated carbocycles. The quantitative estimate of drug-likeness (QED) is 0.909. The fourth-order valence-corrected chi connectivity index (χ4v) is 2.98. The molecule has 0 saturated heterocycles. The van der Waals surface area contributed by atoms with Crippen molar-refractivity contribution in [1.29, 1.82) is 0 Å². The van der Waals surface area contributed by atoms with E-state index in [9.17, 15) is 9.59 Å². The zero-order chi connectivity index (χ0) is 15.9. The van der Waals surface area contributed by atoms with Gasteiger partial charge < -0.3 is 10.2 Å². The van der Waals surface area contributed by atoms with Crippen molar-refractivity contribution in [2.24, 2.45) is 5.92 Å². The number of hydrogen-bond donors (Lipinski definition) is 1. The summed E-state index contributed by atoms with van der Waals surface area (Å²) in [5.41, 5.74) is 0.629. The minimum absolute atomic E-state index is 0.118. The molecule has 0 spiro atoms. The molecule has 0 heterocycles. The van der Waals surface area contributed by atoms with Gasteiger partial charge in [-0.2, -0.15) is 0 Å². The molecule has 2 amide bonds. The zero-order valence-corrected chi connectivity index (χ0v) is 13.5. The van der Waals surface area contributed by atoms with E-state index in [2.05, 4.69) is 12.2 Å². The van der Waals surface area contributed by atoms with E-state index in [-0.39, 0.29) is 11.8 Å². The van der Waals surface area contributed by atoms with Gasteiger partial charge in [0.1, 0.15) is 0 Å². The standard InChI is InChI=1S/C18H26N2O2/c1-14-8-10-16(11-9-14)20(2)17(21)12-13-19-18(22)15-6-4-3-5-7-15/h3-7,14,16H,8-13H2,1-2H3,(H,19,22). The van der Waals surface area contributed by atoms with Crippen LogP contribution in [-0.2, 0) is 4.79 Å². The van der Waals surface area contributed by atoms with Crippen LogP contribution in [-0.4, -0.2) is 36.3 Å². The van der Waals surface area contributed by atoms with Crippen molar-refractivity contribution in [3.8, 4) is 0 Å². The number of rotatable bonds is 5. The van der Waals surface area contributed by atoms with Gasteiger partial charge in [-0.05, 0) is 43.7 Å². The Bertz CT molecular complexity index is 493. The Morgan fingerprint density at radius 3 is 2.41 bits per heavy atom. The van der Waals surface area contributed by atoms with Gasteiger partial charge in [0.05, 0.1) is 0 Å². The number of hydrogen-bond acceptors (Lipinski definition) is 2. The molecule has 0 unspecified atom stereocenters. The van der Waals surface area contributed by atoms with Crippen LogP contribution in [0.4, 0.5) is 0 Å². The minimum Gasteiger partial charge on any atom is -0.352 e. The Labute approximate surface area is 132 Å². The molecule has 1 aromatic carbocycles. The summed E-state index contributed by atoms with van der Waals surface area (Å²) in [6.07, 6.45) is 4.96. The van der Waals surface area contributed by atoms with Crippen LogP contribution in [0.2, 0.25) is 0 Å². The zero-order valence-electron chi connectivity index (χ0n) is 13.5. The molecule has 120 valence electrons. The molecule has 0 radical (unpaired) electrons. The monoisotopic (exact) mass is 302 g/mol. The van der Waals surface area contributed by atoms with Crippen molar-refractivity contribution in [2.75, 3.05) is 13.6 Å². The Morgan fingerprint density at radius 1 is 1.14 bits per heavy atom. The van der Waals surface area contributed by atoms with Crippen molar-refractivity contribution in [2.45, 2.75) is 45.1 Å². The number of benzene rings is 1. The highest BCUT2D eigenvalue weighted by Gasteiger charge is 2.24. The summed E-state index contributed by atoms with van der Waals surface area (Å²) in [6.45, 7) is 2.66. The normalized spacial score (nSPS) is 21.2. The maximum atomic E-state index is 12.2. The SMILES string of the molecule is CC1CCC(N(C)C(=O)CCNC(=O)c2ccccc2)CC1. The van der Waals surface area contributed by atoms with Crippen LogP contribution >= 0.6 is 0 Å². The number of carbonyl (C=O) groups is 2. The summed E-state index contributed by atoms with van der Waals surface area (Å²) in [5.74, 6) is 0.778. The first kappa shape index (κ1) is 16.5. The largest absolute Gasteiger partial charge is 0.352 e. The summed E-state index contributed by atoms with van der Waals surface area (Å²) < 4.78 is 0. The molecule has 0 atom stereocenters. The Kier molecular flexibility index (Phi) is 5.99. The third-order valence-corrected chi connectivity index (χ3v) is 4.59. The van der Waals surface area contributed by atoms with Gasteiger partial charge in [0.15, 0.2) is 0 Å². The van der Waals surface area contributed by atoms with Gasteiger partial charge in [-0.3, -0.25) is 9.59 Å². The lowest BCUT2D eigenvalue weighted by Crippen LogP contribution is -2.40. The van der Waals surface area contributed by atoms with E-state index in [1.54, 1.807) is 12.1 Å². The molecule has 0 aromatic heterocycles. The van der Waals surface area contributed by atoms with Crippen LogP contribution in [0, 0.1) is 5.92 Å². The molecule has 2 rings (SSSR count). The molecule has 1 aliphatic rings. The van der Waals surface area contributed by atoms with Crippen molar-refractivity contribution in [1.82, 2.24) is 10.2 Å². The Morgan fingerprint density at radius 2 is 1.77 bits per heavy atom. The molecule has 1 aliphatic carbocycles. The number of carbonyl (C=O) groups excluding carboxylic acids is 2. The first-order valence-corrected chi connectivity index (χ1v) is 8.17. The van der Waals surface area contributed by atoms with Gasteiger partial charge >= 0.3 is 0 Å². The molecule has 1 fully saturated rings. The smallest absolute Gasteiger partial charge is 0.251 e. The van der Waals surface area contributed by atoms with Crippen molar-refractivity contribution >= 4 is 11.8 Å². The molecule has 4 heteroatoms. The maximum Gasteiger partial charge on any atom is 0.251 e. The van der Waals surface area contributed by atoms with Gasteiger partial charge in [0.2, 0.25) is 5.91 Å². The van der Waals surface area contributed by atoms with Crippen LogP contribution in [0.5, 0.6) is 0 Å². The van der Waals surface area contributed by atoms with Crippen LogP contribution < -0.4 is 5.32 Å². The van der Waals surface area contributed by atoms with E-state index in [1.807, 2.05) is 30.1 Å². The lowest BCUT2D eigenvalue weighted by Gasteiger charge is -2.33. The number of nitrogens with one attached hydrogen (secondary N) is 1. The highest BCUT2D eigenvalue weighted by atomic mass is 16.2. The highest BCUT2D eigenvalue weighted by Crippen LogP contribution is 2.26. The third-order valence-electron chi connectivity index (χ3n) is 4.59. The second kappa shape index (κ2) is 7.97. The molecule has 4 nitrogen and oxygen atoms in total. The lowest BCUT2D eigenvalue weighted by molar-refractivity contribution is -0.132. The van der Waals surface area contributed by atoms with Crippen LogP contribution in [0.15, 0.2) is 30.3 Å². The van der Waals surface area contributed by atoms with Crippen LogP contribution in [0.25, 0.3) is 0 Å². The van der Waals surface area contributed by atoms with Gasteiger partial charge in [-0.15, -0.1) is 0 Å². The first-order valence-electron chi connectivity index (χ1n) is 8.17. The maximum absolute atomic E-state index is 12.2. The summed E-state index contributed by atoms with van der Waals surface area (Å²) in [5, 5.41) is 2.81. The average Bonchev–Trinajstić information content (AvgIpc) is 2.55. The van der Waals surface area contributed by atoms with Gasteiger partial charge in [0.25, 0.3) is 5.91 Å². The molecule has 1 aromatic rings. The summed E-state index contributed by atoms with van der Waals surface area (Å²) >= 11 is 0. The van der Waals surface area contributed by atoms with E-state index in [4.69, 9.17) is 0 Å². The second-order valence-corrected chi connectivity index (χ2v) is 6.29. The molecule has 0 aliphatic heterocycles. The topological polar surface area (TPSA) is 49.4 Å². The summed E-state index contributed by atoms with van der Waals surface area (Å²) in [4.78, 5) is 26.0. The van der Waals surface area contributed by atoms with E-state index < -0.39 is 0 Å². The van der Waals surface area contributed by atoms with E-state index >= 15 is 0 Å². The predicted octanol–water partition coefficient (Wildman–Crippen LogP) is 2.84. The molecule has 1 N–H and O–H groups in total. The molecular formula is C18H26N2O2. The molecular weight excluding hydrogens is 276 g/mol. The van der Waals surface area contributed by atoms with Crippen molar-refractivity contribution < 1.29 is 9.59 Å². The lowest BCUT2D eigenvalue weighted by atomic mass is 9.86. The predicted molar refractivity (Wildman–Crippen MR) is 87.6 cm³/mol. The number of nitrogens with zero attached hydrogens (tertiary/aromatic N) is 1. The fourth-order valence-electron chi connectivity index (χ4n) is 2.98.